The first-order chi connectivity index (χ1) is 8.10. The molecule has 17 heavy (non-hydrogen) atoms. The van der Waals surface area contributed by atoms with Gasteiger partial charge in [-0.1, -0.05) is 19.1 Å². The SMILES string of the molecule is COc1ccc(CN2CC(C)C(N)C2)cc1C. The van der Waals surface area contributed by atoms with E-state index in [1.807, 2.05) is 6.07 Å². The van der Waals surface area contributed by atoms with E-state index in [9.17, 15) is 0 Å². The topological polar surface area (TPSA) is 38.5 Å². The number of hydrogen-bond donors (Lipinski definition) is 1. The van der Waals surface area contributed by atoms with E-state index in [1.165, 1.54) is 11.1 Å². The van der Waals surface area contributed by atoms with Gasteiger partial charge < -0.3 is 10.5 Å². The fraction of sp³-hybridized carbons (Fsp3) is 0.571. The Hall–Kier alpha value is -1.06. The van der Waals surface area contributed by atoms with Crippen LogP contribution >= 0.6 is 0 Å². The molecule has 94 valence electrons. The summed E-state index contributed by atoms with van der Waals surface area (Å²) in [7, 11) is 1.71. The van der Waals surface area contributed by atoms with Gasteiger partial charge in [0.1, 0.15) is 5.75 Å². The lowest BCUT2D eigenvalue weighted by molar-refractivity contribution is 0.318. The number of aryl methyl sites for hydroxylation is 1. The van der Waals surface area contributed by atoms with Gasteiger partial charge in [-0.25, -0.2) is 0 Å². The van der Waals surface area contributed by atoms with E-state index in [-0.39, 0.29) is 0 Å². The normalized spacial score (nSPS) is 25.2. The minimum atomic E-state index is 0.328. The highest BCUT2D eigenvalue weighted by Gasteiger charge is 2.26. The second kappa shape index (κ2) is 5.07. The monoisotopic (exact) mass is 234 g/mol. The molecule has 3 heteroatoms. The number of nitrogens with two attached hydrogens (primary N) is 1. The molecule has 0 radical (unpaired) electrons. The highest BCUT2D eigenvalue weighted by atomic mass is 16.5. The van der Waals surface area contributed by atoms with Crippen LogP contribution in [0.4, 0.5) is 0 Å². The summed E-state index contributed by atoms with van der Waals surface area (Å²) in [6.07, 6.45) is 0. The molecule has 2 atom stereocenters. The zero-order valence-electron chi connectivity index (χ0n) is 10.9. The average Bonchev–Trinajstić information content (AvgIpc) is 2.58. The zero-order chi connectivity index (χ0) is 12.4. The standard InChI is InChI=1S/C14H22N2O/c1-10-6-12(4-5-14(10)17-3)8-16-7-11(2)13(15)9-16/h4-6,11,13H,7-9,15H2,1-3H3. The number of rotatable bonds is 3. The molecule has 0 spiro atoms. The maximum Gasteiger partial charge on any atom is 0.121 e. The van der Waals surface area contributed by atoms with Crippen molar-refractivity contribution in [2.24, 2.45) is 11.7 Å². The lowest BCUT2D eigenvalue weighted by Gasteiger charge is -2.16. The van der Waals surface area contributed by atoms with E-state index < -0.39 is 0 Å². The first kappa shape index (κ1) is 12.4. The minimum absolute atomic E-state index is 0.328. The molecule has 1 aliphatic rings. The molecule has 1 heterocycles. The van der Waals surface area contributed by atoms with Gasteiger partial charge in [-0.3, -0.25) is 4.90 Å². The van der Waals surface area contributed by atoms with Gasteiger partial charge in [-0.2, -0.15) is 0 Å². The Kier molecular flexibility index (Phi) is 3.69. The molecule has 0 amide bonds. The fourth-order valence-corrected chi connectivity index (χ4v) is 2.52. The first-order valence-corrected chi connectivity index (χ1v) is 6.21. The molecule has 0 aliphatic carbocycles. The van der Waals surface area contributed by atoms with Gasteiger partial charge in [-0.05, 0) is 30.0 Å². The average molecular weight is 234 g/mol. The van der Waals surface area contributed by atoms with Gasteiger partial charge in [0.05, 0.1) is 7.11 Å². The molecule has 1 aromatic carbocycles. The molecule has 2 N–H and O–H groups in total. The maximum absolute atomic E-state index is 6.04. The largest absolute Gasteiger partial charge is 0.496 e. The second-order valence-corrected chi connectivity index (χ2v) is 5.14. The van der Waals surface area contributed by atoms with Crippen LogP contribution in [0.2, 0.25) is 0 Å². The van der Waals surface area contributed by atoms with Crippen molar-refractivity contribution in [3.8, 4) is 5.75 Å². The summed E-state index contributed by atoms with van der Waals surface area (Å²) in [6, 6.07) is 6.71. The Morgan fingerprint density at radius 1 is 1.41 bits per heavy atom. The van der Waals surface area contributed by atoms with Crippen LogP contribution < -0.4 is 10.5 Å². The predicted octanol–water partition coefficient (Wildman–Crippen LogP) is 1.78. The van der Waals surface area contributed by atoms with Crippen LogP contribution in [-0.2, 0) is 6.54 Å². The second-order valence-electron chi connectivity index (χ2n) is 5.14. The summed E-state index contributed by atoms with van der Waals surface area (Å²) in [5, 5.41) is 0. The first-order valence-electron chi connectivity index (χ1n) is 6.21. The Morgan fingerprint density at radius 3 is 2.71 bits per heavy atom. The van der Waals surface area contributed by atoms with E-state index in [1.54, 1.807) is 7.11 Å². The van der Waals surface area contributed by atoms with Crippen molar-refractivity contribution in [1.82, 2.24) is 4.90 Å². The highest BCUT2D eigenvalue weighted by molar-refractivity contribution is 5.36. The number of likely N-dealkylation sites (tertiary alicyclic amines) is 1. The van der Waals surface area contributed by atoms with Gasteiger partial charge in [-0.15, -0.1) is 0 Å². The predicted molar refractivity (Wildman–Crippen MR) is 70.1 cm³/mol. The van der Waals surface area contributed by atoms with Crippen molar-refractivity contribution in [3.63, 3.8) is 0 Å². The van der Waals surface area contributed by atoms with Gasteiger partial charge in [0.15, 0.2) is 0 Å². The van der Waals surface area contributed by atoms with E-state index in [4.69, 9.17) is 10.5 Å². The third-order valence-corrected chi connectivity index (χ3v) is 3.61. The lowest BCUT2D eigenvalue weighted by atomic mass is 10.1. The highest BCUT2D eigenvalue weighted by Crippen LogP contribution is 2.21. The Bertz CT molecular complexity index is 382. The molecule has 1 aliphatic heterocycles. The summed E-state index contributed by atoms with van der Waals surface area (Å²) < 4.78 is 5.27. The quantitative estimate of drug-likeness (QED) is 0.866. The van der Waals surface area contributed by atoms with Crippen LogP contribution in [0, 0.1) is 12.8 Å². The number of hydrogen-bond acceptors (Lipinski definition) is 3. The van der Waals surface area contributed by atoms with Gasteiger partial charge in [0.25, 0.3) is 0 Å². The summed E-state index contributed by atoms with van der Waals surface area (Å²) in [6.45, 7) is 7.41. The molecule has 0 bridgehead atoms. The molecule has 0 aromatic heterocycles. The Balaban J connectivity index is 2.02. The van der Waals surface area contributed by atoms with E-state index in [2.05, 4.69) is 30.9 Å². The van der Waals surface area contributed by atoms with Crippen molar-refractivity contribution in [2.75, 3.05) is 20.2 Å². The molecular weight excluding hydrogens is 212 g/mol. The van der Waals surface area contributed by atoms with Crippen LogP contribution in [-0.4, -0.2) is 31.1 Å². The molecular formula is C14H22N2O. The van der Waals surface area contributed by atoms with Crippen molar-refractivity contribution in [2.45, 2.75) is 26.4 Å². The molecule has 1 saturated heterocycles. The van der Waals surface area contributed by atoms with Gasteiger partial charge in [0.2, 0.25) is 0 Å². The van der Waals surface area contributed by atoms with Crippen molar-refractivity contribution in [3.05, 3.63) is 29.3 Å². The van der Waals surface area contributed by atoms with Crippen LogP contribution in [0.15, 0.2) is 18.2 Å². The van der Waals surface area contributed by atoms with Crippen LogP contribution in [0.5, 0.6) is 5.75 Å². The number of ether oxygens (including phenoxy) is 1. The number of methoxy groups -OCH3 is 1. The Morgan fingerprint density at radius 2 is 2.18 bits per heavy atom. The maximum atomic E-state index is 6.04. The number of benzene rings is 1. The summed E-state index contributed by atoms with van der Waals surface area (Å²) in [5.41, 5.74) is 8.57. The molecule has 2 rings (SSSR count). The van der Waals surface area contributed by atoms with Crippen LogP contribution in [0.1, 0.15) is 18.1 Å². The zero-order valence-corrected chi connectivity index (χ0v) is 10.9. The molecule has 3 nitrogen and oxygen atoms in total. The van der Waals surface area contributed by atoms with Crippen LogP contribution in [0.3, 0.4) is 0 Å². The third kappa shape index (κ3) is 2.79. The van der Waals surface area contributed by atoms with E-state index in [0.29, 0.717) is 12.0 Å². The Labute approximate surface area is 104 Å². The molecule has 0 saturated carbocycles. The van der Waals surface area contributed by atoms with Gasteiger partial charge in [0, 0.05) is 25.7 Å². The minimum Gasteiger partial charge on any atom is -0.496 e. The van der Waals surface area contributed by atoms with E-state index >= 15 is 0 Å². The van der Waals surface area contributed by atoms with E-state index in [0.717, 1.165) is 25.4 Å². The van der Waals surface area contributed by atoms with Crippen LogP contribution in [0.25, 0.3) is 0 Å². The molecule has 2 unspecified atom stereocenters. The lowest BCUT2D eigenvalue weighted by Crippen LogP contribution is -2.28. The molecule has 1 fully saturated rings. The van der Waals surface area contributed by atoms with Crippen molar-refractivity contribution in [1.29, 1.82) is 0 Å². The van der Waals surface area contributed by atoms with Crippen molar-refractivity contribution >= 4 is 0 Å². The third-order valence-electron chi connectivity index (χ3n) is 3.61. The fourth-order valence-electron chi connectivity index (χ4n) is 2.52. The smallest absolute Gasteiger partial charge is 0.121 e. The van der Waals surface area contributed by atoms with Crippen molar-refractivity contribution < 1.29 is 4.74 Å². The number of nitrogens with zero attached hydrogens (tertiary/aromatic N) is 1. The summed E-state index contributed by atoms with van der Waals surface area (Å²) in [4.78, 5) is 2.43. The molecule has 1 aromatic rings. The summed E-state index contributed by atoms with van der Waals surface area (Å²) >= 11 is 0. The summed E-state index contributed by atoms with van der Waals surface area (Å²) in [5.74, 6) is 1.56. The van der Waals surface area contributed by atoms with Gasteiger partial charge >= 0.3 is 0 Å².